The molecule has 5 heteroatoms. The molecule has 16 heavy (non-hydrogen) atoms. The van der Waals surface area contributed by atoms with E-state index in [1.54, 1.807) is 33.0 Å². The summed E-state index contributed by atoms with van der Waals surface area (Å²) in [6.45, 7) is 3.49. The van der Waals surface area contributed by atoms with Crippen molar-refractivity contribution < 1.29 is 14.7 Å². The second-order valence-corrected chi connectivity index (χ2v) is 5.17. The van der Waals surface area contributed by atoms with Crippen molar-refractivity contribution in [1.29, 1.82) is 0 Å². The molecular formula is C11H15NO3S. The standard InChI is InChI=1S/C11H15NO3S/c1-11(2,7-9(13)14)12(3)10(15)8-5-4-6-16-8/h4-6H,7H2,1-3H3,(H,13,14). The SMILES string of the molecule is CN(C(=O)c1cccs1)C(C)(C)CC(=O)O. The van der Waals surface area contributed by atoms with E-state index in [1.165, 1.54) is 16.2 Å². The normalized spacial score (nSPS) is 11.2. The van der Waals surface area contributed by atoms with Gasteiger partial charge in [0.25, 0.3) is 5.91 Å². The van der Waals surface area contributed by atoms with Crippen LogP contribution in [-0.2, 0) is 4.79 Å². The zero-order valence-corrected chi connectivity index (χ0v) is 10.4. The molecule has 0 aliphatic rings. The van der Waals surface area contributed by atoms with Crippen LogP contribution in [0.4, 0.5) is 0 Å². The highest BCUT2D eigenvalue weighted by Crippen LogP contribution is 2.21. The molecule has 0 aromatic carbocycles. The van der Waals surface area contributed by atoms with Gasteiger partial charge < -0.3 is 10.0 Å². The van der Waals surface area contributed by atoms with Gasteiger partial charge in [0.2, 0.25) is 0 Å². The van der Waals surface area contributed by atoms with Gasteiger partial charge in [-0.2, -0.15) is 0 Å². The fourth-order valence-electron chi connectivity index (χ4n) is 1.33. The van der Waals surface area contributed by atoms with E-state index in [9.17, 15) is 9.59 Å². The molecule has 0 saturated carbocycles. The summed E-state index contributed by atoms with van der Waals surface area (Å²) in [5.74, 6) is -1.04. The molecule has 0 saturated heterocycles. The van der Waals surface area contributed by atoms with Gasteiger partial charge in [-0.05, 0) is 25.3 Å². The van der Waals surface area contributed by atoms with Gasteiger partial charge in [-0.15, -0.1) is 11.3 Å². The molecule has 1 aromatic rings. The molecule has 0 unspecified atom stereocenters. The molecule has 0 atom stereocenters. The Bertz CT molecular complexity index is 384. The number of carboxylic acid groups (broad SMARTS) is 1. The van der Waals surface area contributed by atoms with Crippen molar-refractivity contribution >= 4 is 23.2 Å². The van der Waals surface area contributed by atoms with Crippen molar-refractivity contribution in [3.8, 4) is 0 Å². The van der Waals surface area contributed by atoms with Gasteiger partial charge in [0, 0.05) is 12.6 Å². The topological polar surface area (TPSA) is 57.6 Å². The Morgan fingerprint density at radius 1 is 1.50 bits per heavy atom. The second-order valence-electron chi connectivity index (χ2n) is 4.22. The van der Waals surface area contributed by atoms with E-state index < -0.39 is 11.5 Å². The van der Waals surface area contributed by atoms with Crippen LogP contribution >= 0.6 is 11.3 Å². The monoisotopic (exact) mass is 241 g/mol. The minimum atomic E-state index is -0.907. The van der Waals surface area contributed by atoms with Crippen LogP contribution in [0, 0.1) is 0 Å². The van der Waals surface area contributed by atoms with Gasteiger partial charge in [0.05, 0.1) is 11.3 Å². The summed E-state index contributed by atoms with van der Waals surface area (Å²) in [6.07, 6.45) is -0.0688. The van der Waals surface area contributed by atoms with E-state index in [0.29, 0.717) is 4.88 Å². The van der Waals surface area contributed by atoms with Gasteiger partial charge in [-0.3, -0.25) is 9.59 Å². The highest BCUT2D eigenvalue weighted by atomic mass is 32.1. The fourth-order valence-corrected chi connectivity index (χ4v) is 2.03. The van der Waals surface area contributed by atoms with Crippen LogP contribution in [0.1, 0.15) is 29.9 Å². The van der Waals surface area contributed by atoms with Crippen LogP contribution in [0.25, 0.3) is 0 Å². The Balaban J connectivity index is 2.81. The highest BCUT2D eigenvalue weighted by Gasteiger charge is 2.30. The summed E-state index contributed by atoms with van der Waals surface area (Å²) in [7, 11) is 1.63. The molecule has 88 valence electrons. The molecule has 1 N–H and O–H groups in total. The Morgan fingerprint density at radius 2 is 2.12 bits per heavy atom. The first kappa shape index (κ1) is 12.7. The molecule has 1 aromatic heterocycles. The van der Waals surface area contributed by atoms with E-state index >= 15 is 0 Å². The van der Waals surface area contributed by atoms with E-state index in [2.05, 4.69) is 0 Å². The van der Waals surface area contributed by atoms with Gasteiger partial charge in [-0.25, -0.2) is 0 Å². The van der Waals surface area contributed by atoms with Crippen LogP contribution in [0.5, 0.6) is 0 Å². The number of aliphatic carboxylic acids is 1. The van der Waals surface area contributed by atoms with E-state index in [0.717, 1.165) is 0 Å². The van der Waals surface area contributed by atoms with Gasteiger partial charge in [-0.1, -0.05) is 6.07 Å². The molecule has 0 aliphatic carbocycles. The van der Waals surface area contributed by atoms with Crippen LogP contribution in [0.3, 0.4) is 0 Å². The molecule has 4 nitrogen and oxygen atoms in total. The zero-order chi connectivity index (χ0) is 12.3. The van der Waals surface area contributed by atoms with Crippen LogP contribution in [-0.4, -0.2) is 34.5 Å². The van der Waals surface area contributed by atoms with Gasteiger partial charge in [0.1, 0.15) is 0 Å². The van der Waals surface area contributed by atoms with E-state index in [1.807, 2.05) is 5.38 Å². The van der Waals surface area contributed by atoms with Crippen molar-refractivity contribution in [1.82, 2.24) is 4.90 Å². The maximum absolute atomic E-state index is 12.0. The average molecular weight is 241 g/mol. The first-order valence-electron chi connectivity index (χ1n) is 4.88. The van der Waals surface area contributed by atoms with Gasteiger partial charge >= 0.3 is 5.97 Å². The van der Waals surface area contributed by atoms with E-state index in [4.69, 9.17) is 5.11 Å². The first-order chi connectivity index (χ1) is 7.34. The lowest BCUT2D eigenvalue weighted by Crippen LogP contribution is -2.46. The summed E-state index contributed by atoms with van der Waals surface area (Å²) >= 11 is 1.36. The second kappa shape index (κ2) is 4.65. The Labute approximate surface area is 98.5 Å². The number of amides is 1. The average Bonchev–Trinajstić information content (AvgIpc) is 2.66. The van der Waals surface area contributed by atoms with Crippen LogP contribution in [0.2, 0.25) is 0 Å². The summed E-state index contributed by atoms with van der Waals surface area (Å²) in [4.78, 5) is 24.8. The number of carbonyl (C=O) groups excluding carboxylic acids is 1. The van der Waals surface area contributed by atoms with Crippen LogP contribution in [0.15, 0.2) is 17.5 Å². The number of rotatable bonds is 4. The van der Waals surface area contributed by atoms with Crippen molar-refractivity contribution in [2.45, 2.75) is 25.8 Å². The first-order valence-corrected chi connectivity index (χ1v) is 5.76. The minimum absolute atomic E-state index is 0.0688. The summed E-state index contributed by atoms with van der Waals surface area (Å²) in [5.41, 5.74) is -0.688. The highest BCUT2D eigenvalue weighted by molar-refractivity contribution is 7.12. The number of nitrogens with zero attached hydrogens (tertiary/aromatic N) is 1. The summed E-state index contributed by atoms with van der Waals surface area (Å²) in [6, 6.07) is 3.54. The molecular weight excluding hydrogens is 226 g/mol. The quantitative estimate of drug-likeness (QED) is 0.878. The molecule has 0 radical (unpaired) electrons. The third kappa shape index (κ3) is 2.82. The van der Waals surface area contributed by atoms with Crippen molar-refractivity contribution in [2.75, 3.05) is 7.05 Å². The third-order valence-corrected chi connectivity index (χ3v) is 3.39. The van der Waals surface area contributed by atoms with Crippen molar-refractivity contribution in [3.63, 3.8) is 0 Å². The predicted octanol–water partition coefficient (Wildman–Crippen LogP) is 2.07. The lowest BCUT2D eigenvalue weighted by Gasteiger charge is -2.34. The Morgan fingerprint density at radius 3 is 2.56 bits per heavy atom. The lowest BCUT2D eigenvalue weighted by molar-refractivity contribution is -0.139. The molecule has 0 bridgehead atoms. The zero-order valence-electron chi connectivity index (χ0n) is 9.56. The largest absolute Gasteiger partial charge is 0.481 e. The minimum Gasteiger partial charge on any atom is -0.481 e. The molecule has 1 rings (SSSR count). The number of carboxylic acids is 1. The number of carbonyl (C=O) groups is 2. The van der Waals surface area contributed by atoms with E-state index in [-0.39, 0.29) is 12.3 Å². The predicted molar refractivity (Wildman–Crippen MR) is 62.7 cm³/mol. The van der Waals surface area contributed by atoms with Crippen LogP contribution < -0.4 is 0 Å². The Kier molecular flexibility index (Phi) is 3.70. The molecule has 0 aliphatic heterocycles. The molecule has 0 fully saturated rings. The third-order valence-electron chi connectivity index (χ3n) is 2.53. The summed E-state index contributed by atoms with van der Waals surface area (Å²) < 4.78 is 0. The molecule has 1 heterocycles. The van der Waals surface area contributed by atoms with Gasteiger partial charge in [0.15, 0.2) is 0 Å². The van der Waals surface area contributed by atoms with Crippen molar-refractivity contribution in [3.05, 3.63) is 22.4 Å². The van der Waals surface area contributed by atoms with Crippen molar-refractivity contribution in [2.24, 2.45) is 0 Å². The fraction of sp³-hybridized carbons (Fsp3) is 0.455. The number of hydrogen-bond acceptors (Lipinski definition) is 3. The maximum atomic E-state index is 12.0. The molecule has 1 amide bonds. The summed E-state index contributed by atoms with van der Waals surface area (Å²) in [5, 5.41) is 10.6. The Hall–Kier alpha value is -1.36. The number of hydrogen-bond donors (Lipinski definition) is 1. The smallest absolute Gasteiger partial charge is 0.305 e. The number of thiophene rings is 1. The lowest BCUT2D eigenvalue weighted by atomic mass is 9.98. The maximum Gasteiger partial charge on any atom is 0.305 e. The molecule has 0 spiro atoms.